The van der Waals surface area contributed by atoms with Crippen molar-refractivity contribution in [3.05, 3.63) is 46.6 Å². The molecule has 0 aliphatic heterocycles. The highest BCUT2D eigenvalue weighted by atomic mass is 35.5. The van der Waals surface area contributed by atoms with E-state index in [1.165, 1.54) is 12.3 Å². The summed E-state index contributed by atoms with van der Waals surface area (Å²) in [5.41, 5.74) is 1.81. The monoisotopic (exact) mass is 292 g/mol. The van der Waals surface area contributed by atoms with Crippen molar-refractivity contribution in [1.29, 1.82) is 0 Å². The minimum Gasteiger partial charge on any atom is -0.496 e. The number of halogens is 1. The molecule has 0 atom stereocenters. The lowest BCUT2D eigenvalue weighted by Gasteiger charge is -2.10. The van der Waals surface area contributed by atoms with Crippen molar-refractivity contribution in [2.45, 2.75) is 6.92 Å². The molecular weight excluding hydrogens is 280 g/mol. The average molecular weight is 293 g/mol. The maximum atomic E-state index is 10.8. The van der Waals surface area contributed by atoms with Crippen LogP contribution in [-0.2, 0) is 0 Å². The molecule has 0 fully saturated rings. The van der Waals surface area contributed by atoms with Gasteiger partial charge in [0.2, 0.25) is 0 Å². The van der Waals surface area contributed by atoms with Crippen LogP contribution in [0.1, 0.15) is 15.9 Å². The summed E-state index contributed by atoms with van der Waals surface area (Å²) in [7, 11) is 1.61. The average Bonchev–Trinajstić information content (AvgIpc) is 2.41. The summed E-state index contributed by atoms with van der Waals surface area (Å²) in [5.74, 6) is 0.128. The SMILES string of the molecule is COc1ccc(Nc2ncc(C(=O)O)cc2Cl)cc1C. The molecule has 1 heterocycles. The number of anilines is 2. The molecule has 0 amide bonds. The lowest BCUT2D eigenvalue weighted by Crippen LogP contribution is -2.01. The van der Waals surface area contributed by atoms with Gasteiger partial charge in [0.1, 0.15) is 11.6 Å². The maximum Gasteiger partial charge on any atom is 0.337 e. The number of aryl methyl sites for hydroxylation is 1. The van der Waals surface area contributed by atoms with Gasteiger partial charge >= 0.3 is 5.97 Å². The Morgan fingerprint density at radius 3 is 2.70 bits per heavy atom. The van der Waals surface area contributed by atoms with Gasteiger partial charge in [-0.3, -0.25) is 0 Å². The van der Waals surface area contributed by atoms with Gasteiger partial charge in [0.15, 0.2) is 0 Å². The van der Waals surface area contributed by atoms with Crippen LogP contribution >= 0.6 is 11.6 Å². The van der Waals surface area contributed by atoms with E-state index in [0.717, 1.165) is 17.0 Å². The molecule has 2 N–H and O–H groups in total. The summed E-state index contributed by atoms with van der Waals surface area (Å²) >= 11 is 6.01. The van der Waals surface area contributed by atoms with E-state index in [2.05, 4.69) is 10.3 Å². The summed E-state index contributed by atoms with van der Waals surface area (Å²) in [6.45, 7) is 1.92. The van der Waals surface area contributed by atoms with Crippen molar-refractivity contribution < 1.29 is 14.6 Å². The number of aromatic carboxylic acids is 1. The third-order valence-electron chi connectivity index (χ3n) is 2.75. The molecule has 0 aliphatic rings. The second-order valence-corrected chi connectivity index (χ2v) is 4.58. The smallest absolute Gasteiger partial charge is 0.337 e. The molecule has 0 radical (unpaired) electrons. The van der Waals surface area contributed by atoms with Gasteiger partial charge in [-0.2, -0.15) is 0 Å². The number of carboxylic acids is 1. The first kappa shape index (κ1) is 14.1. The Morgan fingerprint density at radius 2 is 2.15 bits per heavy atom. The van der Waals surface area contributed by atoms with Crippen LogP contribution in [0.5, 0.6) is 5.75 Å². The van der Waals surface area contributed by atoms with Gasteiger partial charge in [-0.15, -0.1) is 0 Å². The molecule has 0 saturated carbocycles. The quantitative estimate of drug-likeness (QED) is 0.902. The number of pyridine rings is 1. The van der Waals surface area contributed by atoms with Gasteiger partial charge in [0.05, 0.1) is 17.7 Å². The number of aromatic nitrogens is 1. The van der Waals surface area contributed by atoms with Crippen LogP contribution in [0.4, 0.5) is 11.5 Å². The van der Waals surface area contributed by atoms with E-state index in [1.54, 1.807) is 7.11 Å². The zero-order valence-electron chi connectivity index (χ0n) is 11.0. The van der Waals surface area contributed by atoms with Crippen LogP contribution in [0.3, 0.4) is 0 Å². The minimum absolute atomic E-state index is 0.0476. The number of rotatable bonds is 4. The zero-order valence-corrected chi connectivity index (χ0v) is 11.7. The Kier molecular flexibility index (Phi) is 4.10. The molecule has 5 nitrogen and oxygen atoms in total. The molecule has 1 aromatic carbocycles. The van der Waals surface area contributed by atoms with E-state index in [-0.39, 0.29) is 10.6 Å². The van der Waals surface area contributed by atoms with E-state index < -0.39 is 5.97 Å². The Morgan fingerprint density at radius 1 is 1.40 bits per heavy atom. The van der Waals surface area contributed by atoms with Gasteiger partial charge in [-0.05, 0) is 36.8 Å². The highest BCUT2D eigenvalue weighted by Crippen LogP contribution is 2.27. The number of carbonyl (C=O) groups is 1. The van der Waals surface area contributed by atoms with Crippen molar-refractivity contribution >= 4 is 29.1 Å². The maximum absolute atomic E-state index is 10.8. The highest BCUT2D eigenvalue weighted by molar-refractivity contribution is 6.33. The van der Waals surface area contributed by atoms with Crippen molar-refractivity contribution in [3.8, 4) is 5.75 Å². The molecule has 0 unspecified atom stereocenters. The van der Waals surface area contributed by atoms with Gasteiger partial charge in [-0.25, -0.2) is 9.78 Å². The lowest BCUT2D eigenvalue weighted by molar-refractivity contribution is 0.0696. The number of benzene rings is 1. The number of methoxy groups -OCH3 is 1. The number of carboxylic acid groups (broad SMARTS) is 1. The Hall–Kier alpha value is -2.27. The molecule has 6 heteroatoms. The van der Waals surface area contributed by atoms with E-state index in [9.17, 15) is 4.79 Å². The second-order valence-electron chi connectivity index (χ2n) is 4.17. The van der Waals surface area contributed by atoms with Crippen molar-refractivity contribution in [1.82, 2.24) is 4.98 Å². The normalized spacial score (nSPS) is 10.2. The predicted octanol–water partition coefficient (Wildman–Crippen LogP) is 3.49. The number of nitrogens with zero attached hydrogens (tertiary/aromatic N) is 1. The van der Waals surface area contributed by atoms with Crippen LogP contribution in [0.15, 0.2) is 30.5 Å². The highest BCUT2D eigenvalue weighted by Gasteiger charge is 2.09. The van der Waals surface area contributed by atoms with Crippen LogP contribution < -0.4 is 10.1 Å². The number of nitrogens with one attached hydrogen (secondary N) is 1. The van der Waals surface area contributed by atoms with E-state index in [0.29, 0.717) is 5.82 Å². The first-order valence-electron chi connectivity index (χ1n) is 5.81. The standard InChI is InChI=1S/C14H13ClN2O3/c1-8-5-10(3-4-12(8)20-2)17-13-11(15)6-9(7-16-13)14(18)19/h3-7H,1-2H3,(H,16,17)(H,18,19). The van der Waals surface area contributed by atoms with Gasteiger partial charge in [0, 0.05) is 11.9 Å². The fourth-order valence-electron chi connectivity index (χ4n) is 1.74. The Bertz CT molecular complexity index is 659. The minimum atomic E-state index is -1.06. The third-order valence-corrected chi connectivity index (χ3v) is 3.03. The summed E-state index contributed by atoms with van der Waals surface area (Å²) in [5, 5.41) is 12.1. The van der Waals surface area contributed by atoms with Crippen molar-refractivity contribution in [2.24, 2.45) is 0 Å². The largest absolute Gasteiger partial charge is 0.496 e. The molecule has 0 bridgehead atoms. The Labute approximate surface area is 121 Å². The summed E-state index contributed by atoms with van der Waals surface area (Å²) in [6.07, 6.45) is 1.26. The fraction of sp³-hybridized carbons (Fsp3) is 0.143. The van der Waals surface area contributed by atoms with E-state index in [1.807, 2.05) is 25.1 Å². The number of hydrogen-bond acceptors (Lipinski definition) is 4. The predicted molar refractivity (Wildman–Crippen MR) is 77.2 cm³/mol. The number of ether oxygens (including phenoxy) is 1. The van der Waals surface area contributed by atoms with Crippen LogP contribution in [0, 0.1) is 6.92 Å². The van der Waals surface area contributed by atoms with Crippen LogP contribution in [0.2, 0.25) is 5.02 Å². The van der Waals surface area contributed by atoms with Crippen molar-refractivity contribution in [2.75, 3.05) is 12.4 Å². The lowest BCUT2D eigenvalue weighted by atomic mass is 10.2. The molecular formula is C14H13ClN2O3. The van der Waals surface area contributed by atoms with Gasteiger partial charge < -0.3 is 15.2 Å². The first-order valence-corrected chi connectivity index (χ1v) is 6.19. The first-order chi connectivity index (χ1) is 9.51. The molecule has 104 valence electrons. The molecule has 2 rings (SSSR count). The fourth-order valence-corrected chi connectivity index (χ4v) is 1.95. The Balaban J connectivity index is 2.26. The molecule has 20 heavy (non-hydrogen) atoms. The molecule has 0 spiro atoms. The van der Waals surface area contributed by atoms with Crippen molar-refractivity contribution in [3.63, 3.8) is 0 Å². The third kappa shape index (κ3) is 3.00. The summed E-state index contributed by atoms with van der Waals surface area (Å²) in [6, 6.07) is 6.91. The second kappa shape index (κ2) is 5.79. The van der Waals surface area contributed by atoms with Crippen LogP contribution in [0.25, 0.3) is 0 Å². The molecule has 1 aromatic heterocycles. The molecule has 0 aliphatic carbocycles. The van der Waals surface area contributed by atoms with E-state index >= 15 is 0 Å². The molecule has 0 saturated heterocycles. The van der Waals surface area contributed by atoms with Gasteiger partial charge in [0.25, 0.3) is 0 Å². The molecule has 2 aromatic rings. The van der Waals surface area contributed by atoms with Crippen LogP contribution in [-0.4, -0.2) is 23.2 Å². The topological polar surface area (TPSA) is 71.5 Å². The summed E-state index contributed by atoms with van der Waals surface area (Å²) < 4.78 is 5.18. The van der Waals surface area contributed by atoms with E-state index in [4.69, 9.17) is 21.4 Å². The summed E-state index contributed by atoms with van der Waals surface area (Å²) in [4.78, 5) is 14.8. The zero-order chi connectivity index (χ0) is 14.7. The van der Waals surface area contributed by atoms with Gasteiger partial charge in [-0.1, -0.05) is 11.6 Å². The number of hydrogen-bond donors (Lipinski definition) is 2.